The molecule has 0 spiro atoms. The highest BCUT2D eigenvalue weighted by Gasteiger charge is 2.22. The maximum Gasteiger partial charge on any atom is 0.259 e. The largest absolute Gasteiger partial charge is 0.368 e. The maximum atomic E-state index is 14.7. The molecule has 152 valence electrons. The summed E-state index contributed by atoms with van der Waals surface area (Å²) >= 11 is 0. The van der Waals surface area contributed by atoms with E-state index in [2.05, 4.69) is 39.3 Å². The van der Waals surface area contributed by atoms with Gasteiger partial charge in [0.15, 0.2) is 5.65 Å². The summed E-state index contributed by atoms with van der Waals surface area (Å²) in [6.45, 7) is 9.51. The Balaban J connectivity index is 1.55. The highest BCUT2D eigenvalue weighted by Crippen LogP contribution is 2.22. The lowest BCUT2D eigenvalue weighted by atomic mass is 10.1. The van der Waals surface area contributed by atoms with Crippen molar-refractivity contribution < 1.29 is 9.18 Å². The second kappa shape index (κ2) is 7.44. The van der Waals surface area contributed by atoms with E-state index >= 15 is 0 Å². The molecule has 3 heterocycles. The van der Waals surface area contributed by atoms with Crippen LogP contribution in [0.4, 0.5) is 15.9 Å². The van der Waals surface area contributed by atoms with Crippen LogP contribution in [0.5, 0.6) is 0 Å². The number of benzene rings is 1. The van der Waals surface area contributed by atoms with Crippen molar-refractivity contribution in [3.63, 3.8) is 0 Å². The average Bonchev–Trinajstić information content (AvgIpc) is 3.01. The Morgan fingerprint density at radius 1 is 1.17 bits per heavy atom. The zero-order chi connectivity index (χ0) is 20.7. The van der Waals surface area contributed by atoms with Crippen LogP contribution in [0.3, 0.4) is 0 Å². The van der Waals surface area contributed by atoms with Crippen LogP contribution in [0.25, 0.3) is 5.65 Å². The summed E-state index contributed by atoms with van der Waals surface area (Å²) in [4.78, 5) is 23.5. The molecule has 3 aromatic rings. The number of carbonyl (C=O) groups is 1. The van der Waals surface area contributed by atoms with E-state index in [0.29, 0.717) is 23.6 Å². The van der Waals surface area contributed by atoms with E-state index in [1.165, 1.54) is 12.1 Å². The Hall–Kier alpha value is -3.00. The molecular weight excluding hydrogens is 371 g/mol. The molecule has 2 aromatic heterocycles. The lowest BCUT2D eigenvalue weighted by Crippen LogP contribution is -2.54. The van der Waals surface area contributed by atoms with Crippen molar-refractivity contribution >= 4 is 23.1 Å². The molecule has 1 aliphatic heterocycles. The fourth-order valence-electron chi connectivity index (χ4n) is 3.94. The lowest BCUT2D eigenvalue weighted by Gasteiger charge is -2.37. The van der Waals surface area contributed by atoms with Crippen LogP contribution in [-0.2, 0) is 0 Å². The van der Waals surface area contributed by atoms with Crippen LogP contribution in [0.1, 0.15) is 35.6 Å². The summed E-state index contributed by atoms with van der Waals surface area (Å²) in [6, 6.07) is 5.40. The lowest BCUT2D eigenvalue weighted by molar-refractivity contribution is 0.102. The monoisotopic (exact) mass is 396 g/mol. The maximum absolute atomic E-state index is 14.7. The highest BCUT2D eigenvalue weighted by atomic mass is 19.1. The fourth-order valence-corrected chi connectivity index (χ4v) is 3.94. The minimum absolute atomic E-state index is 0.00802. The molecule has 0 saturated carbocycles. The zero-order valence-corrected chi connectivity index (χ0v) is 17.0. The predicted octanol–water partition coefficient (Wildman–Crippen LogP) is 2.92. The number of piperazine rings is 1. The molecule has 2 N–H and O–H groups in total. The molecule has 1 fully saturated rings. The van der Waals surface area contributed by atoms with Gasteiger partial charge in [-0.05, 0) is 45.9 Å². The van der Waals surface area contributed by atoms with E-state index in [4.69, 9.17) is 0 Å². The molecule has 1 amide bonds. The number of anilines is 2. The molecule has 0 bridgehead atoms. The first-order valence-corrected chi connectivity index (χ1v) is 9.75. The van der Waals surface area contributed by atoms with Crippen molar-refractivity contribution in [3.8, 4) is 0 Å². The number of hydrogen-bond donors (Lipinski definition) is 2. The first-order valence-electron chi connectivity index (χ1n) is 9.75. The van der Waals surface area contributed by atoms with Gasteiger partial charge < -0.3 is 19.9 Å². The van der Waals surface area contributed by atoms with Crippen molar-refractivity contribution in [2.45, 2.75) is 39.8 Å². The Kier molecular flexibility index (Phi) is 4.96. The van der Waals surface area contributed by atoms with Crippen LogP contribution < -0.4 is 15.5 Å². The number of halogens is 1. The number of imidazole rings is 1. The molecule has 4 rings (SSSR count). The Bertz CT molecular complexity index is 1070. The standard InChI is InChI=1S/C21H25FN6O/c1-12-8-27(9-13(2)23-12)16-5-6-17(18(22)7-16)21(29)26-19-11-28-10-14(3)24-20(28)15(4)25-19/h5-7,10-13,23H,8-9H2,1-4H3,(H,26,29). The smallest absolute Gasteiger partial charge is 0.259 e. The van der Waals surface area contributed by atoms with Gasteiger partial charge in [0, 0.05) is 37.1 Å². The number of aryl methyl sites for hydroxylation is 2. The van der Waals surface area contributed by atoms with Crippen molar-refractivity contribution in [1.29, 1.82) is 0 Å². The molecule has 8 heteroatoms. The van der Waals surface area contributed by atoms with E-state index in [1.54, 1.807) is 16.7 Å². The van der Waals surface area contributed by atoms with Gasteiger partial charge in [-0.2, -0.15) is 0 Å². The van der Waals surface area contributed by atoms with Gasteiger partial charge in [0.1, 0.15) is 11.6 Å². The number of amides is 1. The van der Waals surface area contributed by atoms with Gasteiger partial charge in [0.2, 0.25) is 0 Å². The molecule has 1 aromatic carbocycles. The number of nitrogens with one attached hydrogen (secondary N) is 2. The molecule has 7 nitrogen and oxygen atoms in total. The highest BCUT2D eigenvalue weighted by molar-refractivity contribution is 6.04. The van der Waals surface area contributed by atoms with Crippen LogP contribution in [0.2, 0.25) is 0 Å². The number of rotatable bonds is 3. The van der Waals surface area contributed by atoms with Gasteiger partial charge in [-0.25, -0.2) is 14.4 Å². The molecular formula is C21H25FN6O. The van der Waals surface area contributed by atoms with E-state index in [-0.39, 0.29) is 5.56 Å². The third-order valence-electron chi connectivity index (χ3n) is 5.09. The summed E-state index contributed by atoms with van der Waals surface area (Å²) in [5.74, 6) is -0.722. The van der Waals surface area contributed by atoms with Crippen molar-refractivity contribution in [1.82, 2.24) is 19.7 Å². The second-order valence-electron chi connectivity index (χ2n) is 7.82. The van der Waals surface area contributed by atoms with Gasteiger partial charge in [0.25, 0.3) is 5.91 Å². The normalized spacial score (nSPS) is 19.6. The first-order chi connectivity index (χ1) is 13.8. The average molecular weight is 396 g/mol. The molecule has 29 heavy (non-hydrogen) atoms. The number of hydrogen-bond acceptors (Lipinski definition) is 5. The molecule has 2 atom stereocenters. The van der Waals surface area contributed by atoms with Crippen LogP contribution in [0.15, 0.2) is 30.6 Å². The van der Waals surface area contributed by atoms with Crippen molar-refractivity contribution in [2.24, 2.45) is 0 Å². The third kappa shape index (κ3) is 3.93. The first kappa shape index (κ1) is 19.3. The minimum atomic E-state index is -0.546. The molecule has 1 aliphatic rings. The molecule has 1 saturated heterocycles. The molecule has 0 aliphatic carbocycles. The summed E-state index contributed by atoms with van der Waals surface area (Å²) in [7, 11) is 0. The van der Waals surface area contributed by atoms with Crippen molar-refractivity contribution in [2.75, 3.05) is 23.3 Å². The summed E-state index contributed by atoms with van der Waals surface area (Å²) in [5, 5.41) is 6.15. The van der Waals surface area contributed by atoms with Gasteiger partial charge in [-0.3, -0.25) is 4.79 Å². The van der Waals surface area contributed by atoms with Gasteiger partial charge in [0.05, 0.1) is 23.1 Å². The van der Waals surface area contributed by atoms with E-state index in [0.717, 1.165) is 30.1 Å². The fraction of sp³-hybridized carbons (Fsp3) is 0.381. The summed E-state index contributed by atoms with van der Waals surface area (Å²) < 4.78 is 16.6. The van der Waals surface area contributed by atoms with Crippen LogP contribution >= 0.6 is 0 Å². The summed E-state index contributed by atoms with van der Waals surface area (Å²) in [6.07, 6.45) is 3.53. The van der Waals surface area contributed by atoms with Gasteiger partial charge >= 0.3 is 0 Å². The van der Waals surface area contributed by atoms with Gasteiger partial charge in [-0.1, -0.05) is 0 Å². The number of aromatic nitrogens is 3. The Morgan fingerprint density at radius 2 is 1.90 bits per heavy atom. The van der Waals surface area contributed by atoms with E-state index in [1.807, 2.05) is 20.0 Å². The molecule has 2 unspecified atom stereocenters. The zero-order valence-electron chi connectivity index (χ0n) is 17.0. The minimum Gasteiger partial charge on any atom is -0.368 e. The topological polar surface area (TPSA) is 74.6 Å². The van der Waals surface area contributed by atoms with E-state index in [9.17, 15) is 9.18 Å². The van der Waals surface area contributed by atoms with E-state index < -0.39 is 11.7 Å². The second-order valence-corrected chi connectivity index (χ2v) is 7.82. The number of carbonyl (C=O) groups excluding carboxylic acids is 1. The molecule has 0 radical (unpaired) electrons. The van der Waals surface area contributed by atoms with Crippen molar-refractivity contribution in [3.05, 3.63) is 53.4 Å². The Morgan fingerprint density at radius 3 is 2.59 bits per heavy atom. The Labute approximate surface area is 169 Å². The number of fused-ring (bicyclic) bond motifs is 1. The van der Waals surface area contributed by atoms with Gasteiger partial charge in [-0.15, -0.1) is 0 Å². The third-order valence-corrected chi connectivity index (χ3v) is 5.09. The quantitative estimate of drug-likeness (QED) is 0.712. The van der Waals surface area contributed by atoms with Crippen LogP contribution in [0, 0.1) is 19.7 Å². The predicted molar refractivity (Wildman–Crippen MR) is 111 cm³/mol. The summed E-state index contributed by atoms with van der Waals surface area (Å²) in [5.41, 5.74) is 3.05. The van der Waals surface area contributed by atoms with Crippen LogP contribution in [-0.4, -0.2) is 45.4 Å². The SMILES string of the molecule is Cc1cn2cc(NC(=O)c3ccc(N4CC(C)NC(C)C4)cc3F)nc(C)c2n1. The number of nitrogens with zero attached hydrogens (tertiary/aromatic N) is 4.